The molecule has 1 amide bonds. The van der Waals surface area contributed by atoms with Gasteiger partial charge >= 0.3 is 0 Å². The van der Waals surface area contributed by atoms with Gasteiger partial charge in [0, 0.05) is 73.0 Å². The third-order valence-electron chi connectivity index (χ3n) is 7.15. The number of aromatic nitrogens is 1. The van der Waals surface area contributed by atoms with Crippen molar-refractivity contribution in [1.82, 2.24) is 20.1 Å². The summed E-state index contributed by atoms with van der Waals surface area (Å²) in [5.74, 6) is 0.139. The zero-order chi connectivity index (χ0) is 22.8. The van der Waals surface area contributed by atoms with E-state index < -0.39 is 0 Å². The van der Waals surface area contributed by atoms with Crippen LogP contribution in [0.3, 0.4) is 0 Å². The van der Waals surface area contributed by atoms with E-state index in [4.69, 9.17) is 0 Å². The maximum Gasteiger partial charge on any atom is 0.254 e. The number of nitrogens with zero attached hydrogens (tertiary/aromatic N) is 2. The second-order valence-electron chi connectivity index (χ2n) is 9.61. The molecular formula is C28H34N4O. The topological polar surface area (TPSA) is 51.4 Å². The van der Waals surface area contributed by atoms with E-state index in [2.05, 4.69) is 77.7 Å². The molecule has 1 fully saturated rings. The smallest absolute Gasteiger partial charge is 0.254 e. The van der Waals surface area contributed by atoms with Gasteiger partial charge in [-0.15, -0.1) is 0 Å². The number of fused-ring (bicyclic) bond motifs is 1. The minimum atomic E-state index is 0.139. The van der Waals surface area contributed by atoms with E-state index in [1.54, 1.807) is 0 Å². The lowest BCUT2D eigenvalue weighted by atomic mass is 9.91. The summed E-state index contributed by atoms with van der Waals surface area (Å²) in [6, 6.07) is 17.8. The van der Waals surface area contributed by atoms with Crippen molar-refractivity contribution in [3.8, 4) is 0 Å². The predicted molar refractivity (Wildman–Crippen MR) is 135 cm³/mol. The molecule has 2 aliphatic heterocycles. The second kappa shape index (κ2) is 9.54. The largest absolute Gasteiger partial charge is 0.361 e. The molecule has 0 bridgehead atoms. The maximum absolute atomic E-state index is 13.1. The standard InChI is InChI=1S/C28H34N4O/c1-20(2)31-12-14-32(15-13-31)28(33)23-8-9-25-26(19-30-27(25)18-23)22-10-11-29-24(17-22)16-21-6-4-3-5-7-21/h3-10,18-20,24,29-30H,11-17H2,1-2H3. The number of piperazine rings is 1. The quantitative estimate of drug-likeness (QED) is 0.619. The third-order valence-corrected chi connectivity index (χ3v) is 7.15. The van der Waals surface area contributed by atoms with E-state index in [1.165, 1.54) is 22.1 Å². The molecule has 1 unspecified atom stereocenters. The van der Waals surface area contributed by atoms with Crippen LogP contribution in [0.1, 0.15) is 41.8 Å². The molecule has 0 saturated carbocycles. The summed E-state index contributed by atoms with van der Waals surface area (Å²) in [5, 5.41) is 4.83. The average molecular weight is 443 g/mol. The fourth-order valence-electron chi connectivity index (χ4n) is 5.18. The number of aromatic amines is 1. The van der Waals surface area contributed by atoms with Crippen molar-refractivity contribution in [3.05, 3.63) is 77.5 Å². The van der Waals surface area contributed by atoms with Crippen LogP contribution in [0.2, 0.25) is 0 Å². The molecule has 1 saturated heterocycles. The molecule has 0 radical (unpaired) electrons. The third kappa shape index (κ3) is 4.75. The normalized spacial score (nSPS) is 19.8. The highest BCUT2D eigenvalue weighted by Crippen LogP contribution is 2.31. The molecule has 0 spiro atoms. The van der Waals surface area contributed by atoms with E-state index in [0.717, 1.165) is 56.6 Å². The van der Waals surface area contributed by atoms with Crippen LogP contribution < -0.4 is 5.32 Å². The number of amides is 1. The molecule has 3 heterocycles. The number of hydrogen-bond acceptors (Lipinski definition) is 3. The van der Waals surface area contributed by atoms with Crippen LogP contribution in [0.5, 0.6) is 0 Å². The molecule has 2 aromatic carbocycles. The summed E-state index contributed by atoms with van der Waals surface area (Å²) in [4.78, 5) is 21.0. The molecule has 1 aromatic heterocycles. The van der Waals surface area contributed by atoms with Crippen molar-refractivity contribution in [3.63, 3.8) is 0 Å². The van der Waals surface area contributed by atoms with Crippen LogP contribution in [0.4, 0.5) is 0 Å². The Bertz CT molecular complexity index is 1140. The minimum absolute atomic E-state index is 0.139. The van der Waals surface area contributed by atoms with Gasteiger partial charge in [-0.05, 0) is 50.0 Å². The fraction of sp³-hybridized carbons (Fsp3) is 0.393. The van der Waals surface area contributed by atoms with Crippen molar-refractivity contribution < 1.29 is 4.79 Å². The predicted octanol–water partition coefficient (Wildman–Crippen LogP) is 4.32. The number of H-pyrrole nitrogens is 1. The van der Waals surface area contributed by atoms with Crippen molar-refractivity contribution in [2.24, 2.45) is 0 Å². The molecule has 5 nitrogen and oxygen atoms in total. The Labute approximate surface area is 196 Å². The number of nitrogens with one attached hydrogen (secondary N) is 2. The van der Waals surface area contributed by atoms with E-state index in [0.29, 0.717) is 12.1 Å². The zero-order valence-corrected chi connectivity index (χ0v) is 19.7. The van der Waals surface area contributed by atoms with Crippen molar-refractivity contribution in [2.45, 2.75) is 38.8 Å². The molecule has 5 heteroatoms. The van der Waals surface area contributed by atoms with Crippen molar-refractivity contribution in [2.75, 3.05) is 32.7 Å². The van der Waals surface area contributed by atoms with Gasteiger partial charge in [0.2, 0.25) is 0 Å². The average Bonchev–Trinajstić information content (AvgIpc) is 3.28. The highest BCUT2D eigenvalue weighted by molar-refractivity contribution is 6.00. The first-order valence-electron chi connectivity index (χ1n) is 12.2. The van der Waals surface area contributed by atoms with Gasteiger partial charge in [0.15, 0.2) is 0 Å². The first kappa shape index (κ1) is 21.9. The summed E-state index contributed by atoms with van der Waals surface area (Å²) < 4.78 is 0. The van der Waals surface area contributed by atoms with E-state index in [-0.39, 0.29) is 5.91 Å². The molecule has 1 atom stereocenters. The lowest BCUT2D eigenvalue weighted by Gasteiger charge is -2.37. The number of carbonyl (C=O) groups is 1. The Hall–Kier alpha value is -2.89. The minimum Gasteiger partial charge on any atom is -0.361 e. The summed E-state index contributed by atoms with van der Waals surface area (Å²) in [6.07, 6.45) is 6.44. The van der Waals surface area contributed by atoms with E-state index in [9.17, 15) is 4.79 Å². The Morgan fingerprint density at radius 1 is 1.06 bits per heavy atom. The van der Waals surface area contributed by atoms with Crippen LogP contribution in [0, 0.1) is 0 Å². The number of benzene rings is 2. The molecular weight excluding hydrogens is 408 g/mol. The molecule has 5 rings (SSSR count). The SMILES string of the molecule is CC(C)N1CCN(C(=O)c2ccc3c(C4=CCNC(Cc5ccccc5)C4)c[nH]c3c2)CC1. The first-order valence-corrected chi connectivity index (χ1v) is 12.2. The van der Waals surface area contributed by atoms with Crippen LogP contribution in [-0.2, 0) is 6.42 Å². The number of rotatable bonds is 5. The van der Waals surface area contributed by atoms with Crippen LogP contribution in [0.15, 0.2) is 60.8 Å². The number of carbonyl (C=O) groups excluding carboxylic acids is 1. The Morgan fingerprint density at radius 3 is 2.61 bits per heavy atom. The summed E-state index contributed by atoms with van der Waals surface area (Å²) in [5.41, 5.74) is 5.82. The van der Waals surface area contributed by atoms with Gasteiger partial charge in [-0.25, -0.2) is 0 Å². The molecule has 2 N–H and O–H groups in total. The van der Waals surface area contributed by atoms with Crippen molar-refractivity contribution >= 4 is 22.4 Å². The molecule has 0 aliphatic carbocycles. The van der Waals surface area contributed by atoms with Crippen LogP contribution >= 0.6 is 0 Å². The van der Waals surface area contributed by atoms with Crippen LogP contribution in [0.25, 0.3) is 16.5 Å². The summed E-state index contributed by atoms with van der Waals surface area (Å²) >= 11 is 0. The van der Waals surface area contributed by atoms with E-state index >= 15 is 0 Å². The lowest BCUT2D eigenvalue weighted by molar-refractivity contribution is 0.0595. The monoisotopic (exact) mass is 442 g/mol. The van der Waals surface area contributed by atoms with Gasteiger partial charge in [-0.1, -0.05) is 42.5 Å². The molecule has 33 heavy (non-hydrogen) atoms. The van der Waals surface area contributed by atoms with Gasteiger partial charge in [0.05, 0.1) is 0 Å². The molecule has 172 valence electrons. The molecule has 3 aromatic rings. The maximum atomic E-state index is 13.1. The Balaban J connectivity index is 1.29. The Kier molecular flexibility index (Phi) is 6.34. The van der Waals surface area contributed by atoms with Gasteiger partial charge in [-0.2, -0.15) is 0 Å². The summed E-state index contributed by atoms with van der Waals surface area (Å²) in [6.45, 7) is 8.82. The van der Waals surface area contributed by atoms with Gasteiger partial charge in [-0.3, -0.25) is 9.69 Å². The molecule has 2 aliphatic rings. The highest BCUT2D eigenvalue weighted by atomic mass is 16.2. The summed E-state index contributed by atoms with van der Waals surface area (Å²) in [7, 11) is 0. The van der Waals surface area contributed by atoms with Gasteiger partial charge in [0.25, 0.3) is 5.91 Å². The van der Waals surface area contributed by atoms with Gasteiger partial charge in [0.1, 0.15) is 0 Å². The van der Waals surface area contributed by atoms with Crippen LogP contribution in [-0.4, -0.2) is 65.5 Å². The zero-order valence-electron chi connectivity index (χ0n) is 19.7. The van der Waals surface area contributed by atoms with E-state index in [1.807, 2.05) is 17.0 Å². The number of hydrogen-bond donors (Lipinski definition) is 2. The second-order valence-corrected chi connectivity index (χ2v) is 9.61. The Morgan fingerprint density at radius 2 is 1.85 bits per heavy atom. The first-order chi connectivity index (χ1) is 16.1. The lowest BCUT2D eigenvalue weighted by Crippen LogP contribution is -2.50. The highest BCUT2D eigenvalue weighted by Gasteiger charge is 2.24. The van der Waals surface area contributed by atoms with Gasteiger partial charge < -0.3 is 15.2 Å². The van der Waals surface area contributed by atoms with Crippen molar-refractivity contribution in [1.29, 1.82) is 0 Å². The fourth-order valence-corrected chi connectivity index (χ4v) is 5.18.